The number of anilines is 1. The van der Waals surface area contributed by atoms with Crippen LogP contribution in [0.3, 0.4) is 0 Å². The highest BCUT2D eigenvalue weighted by molar-refractivity contribution is 9.10. The quantitative estimate of drug-likeness (QED) is 0.664. The molecule has 18 heavy (non-hydrogen) atoms. The number of hydrogen-bond acceptors (Lipinski definition) is 3. The Morgan fingerprint density at radius 1 is 1.50 bits per heavy atom. The fraction of sp³-hybridized carbons (Fsp3) is 0.231. The van der Waals surface area contributed by atoms with E-state index in [0.29, 0.717) is 0 Å². The van der Waals surface area contributed by atoms with E-state index in [9.17, 15) is 4.79 Å². The molecule has 1 rings (SSSR count). The number of nitriles is 1. The van der Waals surface area contributed by atoms with Crippen LogP contribution in [0.4, 0.5) is 5.69 Å². The average molecular weight is 308 g/mol. The lowest BCUT2D eigenvalue weighted by Gasteiger charge is -2.07. The fourth-order valence-electron chi connectivity index (χ4n) is 1.22. The normalized spacial score (nSPS) is 10.9. The highest BCUT2D eigenvalue weighted by Crippen LogP contribution is 2.15. The first-order valence-corrected chi connectivity index (χ1v) is 6.25. The van der Waals surface area contributed by atoms with E-state index in [-0.39, 0.29) is 17.5 Å². The van der Waals surface area contributed by atoms with Crippen LogP contribution in [0.5, 0.6) is 0 Å². The maximum absolute atomic E-state index is 11.6. The number of nitrogens with zero attached hydrogens (tertiary/aromatic N) is 1. The van der Waals surface area contributed by atoms with Gasteiger partial charge < -0.3 is 10.6 Å². The molecule has 0 bridgehead atoms. The minimum Gasteiger partial charge on any atom is -0.360 e. The van der Waals surface area contributed by atoms with Gasteiger partial charge in [0.05, 0.1) is 0 Å². The van der Waals surface area contributed by atoms with Gasteiger partial charge in [-0.25, -0.2) is 0 Å². The zero-order valence-electron chi connectivity index (χ0n) is 10.2. The third kappa shape index (κ3) is 4.60. The topological polar surface area (TPSA) is 64.9 Å². The summed E-state index contributed by atoms with van der Waals surface area (Å²) in [6.07, 6.45) is 1.40. The monoisotopic (exact) mass is 307 g/mol. The van der Waals surface area contributed by atoms with E-state index in [1.54, 1.807) is 0 Å². The second kappa shape index (κ2) is 6.82. The van der Waals surface area contributed by atoms with Crippen molar-refractivity contribution in [2.24, 2.45) is 0 Å². The maximum atomic E-state index is 11.6. The number of benzene rings is 1. The second-order valence-corrected chi connectivity index (χ2v) is 4.87. The molecule has 0 aromatic heterocycles. The van der Waals surface area contributed by atoms with Crippen molar-refractivity contribution >= 4 is 27.5 Å². The second-order valence-electron chi connectivity index (χ2n) is 3.95. The summed E-state index contributed by atoms with van der Waals surface area (Å²) >= 11 is 3.34. The van der Waals surface area contributed by atoms with Gasteiger partial charge >= 0.3 is 0 Å². The lowest BCUT2D eigenvalue weighted by Crippen LogP contribution is -2.31. The van der Waals surface area contributed by atoms with Crippen LogP contribution in [0, 0.1) is 11.3 Å². The van der Waals surface area contributed by atoms with Crippen LogP contribution in [0.25, 0.3) is 0 Å². The molecule has 0 heterocycles. The van der Waals surface area contributed by atoms with Gasteiger partial charge in [-0.05, 0) is 32.0 Å². The molecule has 0 saturated carbocycles. The minimum absolute atomic E-state index is 0.000111. The molecule has 0 saturated heterocycles. The number of amides is 1. The number of carbonyl (C=O) groups excluding carboxylic acids is 1. The van der Waals surface area contributed by atoms with Gasteiger partial charge in [0.2, 0.25) is 0 Å². The van der Waals surface area contributed by atoms with Gasteiger partial charge in [0, 0.05) is 22.4 Å². The largest absolute Gasteiger partial charge is 0.360 e. The van der Waals surface area contributed by atoms with E-state index < -0.39 is 0 Å². The van der Waals surface area contributed by atoms with E-state index in [2.05, 4.69) is 26.6 Å². The molecule has 0 aliphatic rings. The Bertz CT molecular complexity index is 503. The Morgan fingerprint density at radius 2 is 2.22 bits per heavy atom. The van der Waals surface area contributed by atoms with E-state index in [1.165, 1.54) is 6.20 Å². The molecule has 0 aliphatic carbocycles. The first kappa shape index (κ1) is 14.3. The molecule has 0 aliphatic heterocycles. The van der Waals surface area contributed by atoms with Crippen molar-refractivity contribution in [3.05, 3.63) is 40.5 Å². The predicted octanol–water partition coefficient (Wildman–Crippen LogP) is 2.79. The fourth-order valence-corrected chi connectivity index (χ4v) is 1.62. The van der Waals surface area contributed by atoms with Crippen LogP contribution in [-0.4, -0.2) is 11.9 Å². The van der Waals surface area contributed by atoms with Crippen LogP contribution in [-0.2, 0) is 4.79 Å². The highest BCUT2D eigenvalue weighted by atomic mass is 79.9. The van der Waals surface area contributed by atoms with Crippen LogP contribution < -0.4 is 10.6 Å². The van der Waals surface area contributed by atoms with E-state index in [4.69, 9.17) is 5.26 Å². The Hall–Kier alpha value is -1.80. The molecule has 1 aromatic carbocycles. The molecule has 4 nitrogen and oxygen atoms in total. The van der Waals surface area contributed by atoms with Crippen molar-refractivity contribution in [3.63, 3.8) is 0 Å². The molecule has 5 heteroatoms. The first-order valence-electron chi connectivity index (χ1n) is 5.46. The van der Waals surface area contributed by atoms with Gasteiger partial charge in [0.25, 0.3) is 5.91 Å². The summed E-state index contributed by atoms with van der Waals surface area (Å²) in [5.41, 5.74) is 0.846. The molecule has 94 valence electrons. The smallest absolute Gasteiger partial charge is 0.263 e. The minimum atomic E-state index is -0.380. The van der Waals surface area contributed by atoms with Crippen molar-refractivity contribution in [2.45, 2.75) is 19.9 Å². The SMILES string of the molecule is CC(C)NC(=O)/C(C#N)=C\Nc1cccc(Br)c1. The summed E-state index contributed by atoms with van der Waals surface area (Å²) in [6, 6.07) is 9.32. The Kier molecular flexibility index (Phi) is 5.40. The number of hydrogen-bond donors (Lipinski definition) is 2. The standard InChI is InChI=1S/C13H14BrN3O/c1-9(2)17-13(18)10(7-15)8-16-12-5-3-4-11(14)6-12/h3-6,8-9,16H,1-2H3,(H,17,18)/b10-8-. The molecule has 0 radical (unpaired) electrons. The summed E-state index contributed by atoms with van der Waals surface area (Å²) in [4.78, 5) is 11.6. The van der Waals surface area contributed by atoms with Crippen molar-refractivity contribution in [1.82, 2.24) is 5.32 Å². The molecule has 0 fully saturated rings. The summed E-state index contributed by atoms with van der Waals surface area (Å²) in [5, 5.41) is 14.5. The molecular formula is C13H14BrN3O. The summed E-state index contributed by atoms with van der Waals surface area (Å²) < 4.78 is 0.922. The Labute approximate surface area is 115 Å². The van der Waals surface area contributed by atoms with E-state index in [0.717, 1.165) is 10.2 Å². The average Bonchev–Trinajstić information content (AvgIpc) is 2.29. The third-order valence-electron chi connectivity index (χ3n) is 1.99. The molecule has 1 aromatic rings. The third-order valence-corrected chi connectivity index (χ3v) is 2.49. The molecule has 2 N–H and O–H groups in total. The number of rotatable bonds is 4. The zero-order valence-corrected chi connectivity index (χ0v) is 11.8. The summed E-state index contributed by atoms with van der Waals surface area (Å²) in [5.74, 6) is -0.380. The van der Waals surface area contributed by atoms with Gasteiger partial charge in [0.15, 0.2) is 0 Å². The van der Waals surface area contributed by atoms with Crippen molar-refractivity contribution < 1.29 is 4.79 Å². The van der Waals surface area contributed by atoms with Gasteiger partial charge in [0.1, 0.15) is 11.6 Å². The van der Waals surface area contributed by atoms with Crippen molar-refractivity contribution in [2.75, 3.05) is 5.32 Å². The van der Waals surface area contributed by atoms with Gasteiger partial charge in [-0.2, -0.15) is 5.26 Å². The lowest BCUT2D eigenvalue weighted by atomic mass is 10.2. The Balaban J connectivity index is 2.75. The summed E-state index contributed by atoms with van der Waals surface area (Å²) in [7, 11) is 0. The number of nitrogens with one attached hydrogen (secondary N) is 2. The van der Waals surface area contributed by atoms with Crippen molar-refractivity contribution in [3.8, 4) is 6.07 Å². The molecular weight excluding hydrogens is 294 g/mol. The van der Waals surface area contributed by atoms with E-state index >= 15 is 0 Å². The summed E-state index contributed by atoms with van der Waals surface area (Å²) in [6.45, 7) is 3.68. The number of halogens is 1. The van der Waals surface area contributed by atoms with Crippen molar-refractivity contribution in [1.29, 1.82) is 5.26 Å². The van der Waals surface area contributed by atoms with Gasteiger partial charge in [-0.15, -0.1) is 0 Å². The van der Waals surface area contributed by atoms with Crippen LogP contribution in [0.2, 0.25) is 0 Å². The Morgan fingerprint density at radius 3 is 2.78 bits per heavy atom. The highest BCUT2D eigenvalue weighted by Gasteiger charge is 2.09. The number of carbonyl (C=O) groups is 1. The van der Waals surface area contributed by atoms with E-state index in [1.807, 2.05) is 44.2 Å². The molecule has 0 atom stereocenters. The zero-order chi connectivity index (χ0) is 13.5. The molecule has 1 amide bonds. The van der Waals surface area contributed by atoms with Gasteiger partial charge in [-0.1, -0.05) is 22.0 Å². The van der Waals surface area contributed by atoms with Crippen LogP contribution >= 0.6 is 15.9 Å². The lowest BCUT2D eigenvalue weighted by molar-refractivity contribution is -0.117. The van der Waals surface area contributed by atoms with Gasteiger partial charge in [-0.3, -0.25) is 4.79 Å². The molecule has 0 spiro atoms. The van der Waals surface area contributed by atoms with Crippen LogP contribution in [0.1, 0.15) is 13.8 Å². The van der Waals surface area contributed by atoms with Crippen LogP contribution in [0.15, 0.2) is 40.5 Å². The predicted molar refractivity (Wildman–Crippen MR) is 74.7 cm³/mol. The molecule has 0 unspecified atom stereocenters. The first-order chi connectivity index (χ1) is 8.52. The maximum Gasteiger partial charge on any atom is 0.263 e.